The molecule has 1 fully saturated rings. The smallest absolute Gasteiger partial charge is 0.282 e. The van der Waals surface area contributed by atoms with Gasteiger partial charge in [-0.15, -0.1) is 0 Å². The minimum atomic E-state index is -3.89. The van der Waals surface area contributed by atoms with E-state index in [0.29, 0.717) is 5.71 Å². The third-order valence-corrected chi connectivity index (χ3v) is 10.6. The summed E-state index contributed by atoms with van der Waals surface area (Å²) < 4.78 is 31.5. The van der Waals surface area contributed by atoms with Crippen LogP contribution in [0.1, 0.15) is 51.7 Å². The van der Waals surface area contributed by atoms with Gasteiger partial charge in [0.15, 0.2) is 0 Å². The molecule has 0 unspecified atom stereocenters. The van der Waals surface area contributed by atoms with E-state index in [2.05, 4.69) is 129 Å². The van der Waals surface area contributed by atoms with Crippen molar-refractivity contribution < 1.29 is 8.42 Å². The van der Waals surface area contributed by atoms with Crippen LogP contribution in [0, 0.1) is 0 Å². The molecule has 3 aromatic rings. The van der Waals surface area contributed by atoms with Crippen LogP contribution < -0.4 is 9.80 Å². The summed E-state index contributed by atoms with van der Waals surface area (Å²) in [5, 5.41) is 0. The van der Waals surface area contributed by atoms with Gasteiger partial charge >= 0.3 is 0 Å². The van der Waals surface area contributed by atoms with Crippen molar-refractivity contribution in [1.82, 2.24) is 0 Å². The Labute approximate surface area is 256 Å². The second kappa shape index (κ2) is 10.5. The highest BCUT2D eigenvalue weighted by Gasteiger charge is 2.39. The second-order valence-corrected chi connectivity index (χ2v) is 14.2. The molecule has 2 heterocycles. The number of para-hydroxylation sites is 2. The van der Waals surface area contributed by atoms with Crippen LogP contribution in [0.3, 0.4) is 0 Å². The zero-order valence-electron chi connectivity index (χ0n) is 25.8. The number of anilines is 2. The van der Waals surface area contributed by atoms with Crippen molar-refractivity contribution in [2.24, 2.45) is 4.40 Å². The highest BCUT2D eigenvalue weighted by molar-refractivity contribution is 7.90. The summed E-state index contributed by atoms with van der Waals surface area (Å²) in [7, 11) is 0.293. The molecule has 3 aromatic carbocycles. The Hall–Kier alpha value is -4.16. The average molecular weight is 590 g/mol. The predicted octanol–water partition coefficient (Wildman–Crippen LogP) is 8.09. The van der Waals surface area contributed by atoms with Crippen molar-refractivity contribution in [3.05, 3.63) is 137 Å². The first-order valence-electron chi connectivity index (χ1n) is 14.8. The highest BCUT2D eigenvalue weighted by atomic mass is 32.2. The minimum absolute atomic E-state index is 0.175. The van der Waals surface area contributed by atoms with E-state index in [1.165, 1.54) is 22.5 Å². The predicted molar refractivity (Wildman–Crippen MR) is 178 cm³/mol. The molecular formula is C37H39N3O2S. The molecule has 43 heavy (non-hydrogen) atoms. The summed E-state index contributed by atoms with van der Waals surface area (Å²) in [4.78, 5) is 4.66. The Morgan fingerprint density at radius 2 is 1.05 bits per heavy atom. The normalized spacial score (nSPS) is 23.6. The molecular weight excluding hydrogens is 550 g/mol. The molecule has 3 aliphatic rings. The summed E-state index contributed by atoms with van der Waals surface area (Å²) in [6.07, 6.45) is 9.89. The van der Waals surface area contributed by atoms with Gasteiger partial charge in [0.1, 0.15) is 0 Å². The molecule has 0 radical (unpaired) electrons. The maximum absolute atomic E-state index is 13.5. The lowest BCUT2D eigenvalue weighted by Gasteiger charge is -2.24. The Morgan fingerprint density at radius 3 is 1.49 bits per heavy atom. The molecule has 0 saturated heterocycles. The standard InChI is InChI=1S/C37H39N3O2S/c1-36(2)29-16-10-12-18-31(29)39(5)33(36)24-22-26-20-21-27(35(26)38-43(41,42)28-14-8-7-9-15-28)23-25-34-37(3,4)30-17-11-13-19-32(30)40(34)6/h7-19,22-25H,20-21H2,1-6H3/b26-22-,27-23+,33-24+,34-25+,38-35?. The fraction of sp³-hybridized carbons (Fsp3) is 0.270. The Morgan fingerprint density at radius 1 is 0.628 bits per heavy atom. The summed E-state index contributed by atoms with van der Waals surface area (Å²) in [5.41, 5.74) is 9.34. The number of likely N-dealkylation sites (N-methyl/N-ethyl adjacent to an activating group) is 2. The summed E-state index contributed by atoms with van der Waals surface area (Å²) in [6, 6.07) is 25.4. The maximum Gasteiger partial charge on any atom is 0.282 e. The van der Waals surface area contributed by atoms with E-state index in [1.807, 2.05) is 6.07 Å². The molecule has 6 rings (SSSR count). The van der Waals surface area contributed by atoms with Gasteiger partial charge in [-0.2, -0.15) is 12.8 Å². The number of hydrogen-bond acceptors (Lipinski definition) is 4. The van der Waals surface area contributed by atoms with Gasteiger partial charge in [-0.05, 0) is 71.5 Å². The molecule has 220 valence electrons. The Balaban J connectivity index is 1.44. The zero-order chi connectivity index (χ0) is 30.6. The molecule has 0 spiro atoms. The molecule has 2 aliphatic heterocycles. The molecule has 0 bridgehead atoms. The van der Waals surface area contributed by atoms with Gasteiger partial charge in [-0.3, -0.25) is 0 Å². The van der Waals surface area contributed by atoms with Crippen LogP contribution in [0.25, 0.3) is 0 Å². The van der Waals surface area contributed by atoms with E-state index in [0.717, 1.165) is 35.4 Å². The first-order chi connectivity index (χ1) is 20.4. The lowest BCUT2D eigenvalue weighted by atomic mass is 9.83. The first kappa shape index (κ1) is 28.9. The SMILES string of the molecule is CN1/C(=C/C=C2/CC/C(=C\C=C3\N(C)c4ccccc4C3(C)C)C2=NS(=O)(=O)c2ccccc2)C(C)(C)c2ccccc21. The van der Waals surface area contributed by atoms with Crippen LogP contribution in [0.15, 0.2) is 135 Å². The molecule has 1 saturated carbocycles. The molecule has 0 aromatic heterocycles. The van der Waals surface area contributed by atoms with Crippen molar-refractivity contribution in [3.63, 3.8) is 0 Å². The van der Waals surface area contributed by atoms with E-state index in [9.17, 15) is 8.42 Å². The number of sulfonamides is 1. The lowest BCUT2D eigenvalue weighted by Crippen LogP contribution is -2.22. The van der Waals surface area contributed by atoms with Crippen molar-refractivity contribution in [3.8, 4) is 0 Å². The fourth-order valence-corrected chi connectivity index (χ4v) is 7.96. The number of nitrogens with zero attached hydrogens (tertiary/aromatic N) is 3. The van der Waals surface area contributed by atoms with Gasteiger partial charge in [0.25, 0.3) is 10.0 Å². The third kappa shape index (κ3) is 4.88. The minimum Gasteiger partial charge on any atom is -0.347 e. The van der Waals surface area contributed by atoms with Gasteiger partial charge in [0, 0.05) is 47.7 Å². The highest BCUT2D eigenvalue weighted by Crippen LogP contribution is 2.48. The van der Waals surface area contributed by atoms with Crippen LogP contribution in [-0.2, 0) is 20.9 Å². The third-order valence-electron chi connectivity index (χ3n) is 9.29. The van der Waals surface area contributed by atoms with E-state index in [4.69, 9.17) is 0 Å². The van der Waals surface area contributed by atoms with Crippen LogP contribution in [0.4, 0.5) is 11.4 Å². The van der Waals surface area contributed by atoms with E-state index < -0.39 is 10.0 Å². The largest absolute Gasteiger partial charge is 0.347 e. The van der Waals surface area contributed by atoms with E-state index >= 15 is 0 Å². The monoisotopic (exact) mass is 589 g/mol. The molecule has 6 heteroatoms. The zero-order valence-corrected chi connectivity index (χ0v) is 26.6. The van der Waals surface area contributed by atoms with Crippen molar-refractivity contribution in [2.75, 3.05) is 23.9 Å². The fourth-order valence-electron chi connectivity index (χ4n) is 6.88. The molecule has 0 amide bonds. The Bertz CT molecular complexity index is 1760. The van der Waals surface area contributed by atoms with Crippen LogP contribution >= 0.6 is 0 Å². The van der Waals surface area contributed by atoms with Crippen molar-refractivity contribution in [2.45, 2.75) is 56.3 Å². The van der Waals surface area contributed by atoms with Gasteiger partial charge in [0.05, 0.1) is 10.6 Å². The average Bonchev–Trinajstić information content (AvgIpc) is 3.52. The van der Waals surface area contributed by atoms with E-state index in [1.54, 1.807) is 24.3 Å². The number of hydrogen-bond donors (Lipinski definition) is 0. The second-order valence-electron chi connectivity index (χ2n) is 12.6. The molecule has 0 atom stereocenters. The van der Waals surface area contributed by atoms with Gasteiger partial charge in [-0.1, -0.05) is 94.4 Å². The maximum atomic E-state index is 13.5. The van der Waals surface area contributed by atoms with Gasteiger partial charge < -0.3 is 9.80 Å². The van der Waals surface area contributed by atoms with Crippen molar-refractivity contribution >= 4 is 27.1 Å². The quantitative estimate of drug-likeness (QED) is 0.309. The molecule has 5 nitrogen and oxygen atoms in total. The van der Waals surface area contributed by atoms with Crippen LogP contribution in [0.2, 0.25) is 0 Å². The summed E-state index contributed by atoms with van der Waals surface area (Å²) in [5.74, 6) is 0. The Kier molecular flexibility index (Phi) is 7.09. The summed E-state index contributed by atoms with van der Waals surface area (Å²) in [6.45, 7) is 8.94. The first-order valence-corrected chi connectivity index (χ1v) is 16.3. The summed E-state index contributed by atoms with van der Waals surface area (Å²) >= 11 is 0. The number of allylic oxidation sites excluding steroid dienone is 8. The van der Waals surface area contributed by atoms with Gasteiger partial charge in [-0.25, -0.2) is 0 Å². The van der Waals surface area contributed by atoms with Crippen LogP contribution in [-0.4, -0.2) is 28.2 Å². The topological polar surface area (TPSA) is 53.0 Å². The lowest BCUT2D eigenvalue weighted by molar-refractivity contribution is 0.598. The number of benzene rings is 3. The molecule has 0 N–H and O–H groups in total. The van der Waals surface area contributed by atoms with Crippen LogP contribution in [0.5, 0.6) is 0 Å². The molecule has 1 aliphatic carbocycles. The van der Waals surface area contributed by atoms with Gasteiger partial charge in [0.2, 0.25) is 0 Å². The van der Waals surface area contributed by atoms with Crippen molar-refractivity contribution in [1.29, 1.82) is 0 Å². The number of fused-ring (bicyclic) bond motifs is 2. The number of rotatable bonds is 4. The van der Waals surface area contributed by atoms with E-state index in [-0.39, 0.29) is 15.7 Å².